The predicted octanol–water partition coefficient (Wildman–Crippen LogP) is -1.93. The van der Waals surface area contributed by atoms with Gasteiger partial charge >= 0.3 is 9.15 Å². The van der Waals surface area contributed by atoms with Gasteiger partial charge in [-0.05, 0) is 31.1 Å². The first kappa shape index (κ1) is 15.1. The molecule has 2 bridgehead atoms. The number of rotatable bonds is 4. The molecule has 0 spiro atoms. The van der Waals surface area contributed by atoms with Crippen molar-refractivity contribution in [3.63, 3.8) is 0 Å². The fourth-order valence-corrected chi connectivity index (χ4v) is 3.91. The Morgan fingerprint density at radius 2 is 2.12 bits per heavy atom. The van der Waals surface area contributed by atoms with E-state index in [0.29, 0.717) is 22.5 Å². The van der Waals surface area contributed by atoms with E-state index in [1.54, 1.807) is 0 Å². The minimum Gasteiger partial charge on any atom is -1.00 e. The zero-order chi connectivity index (χ0) is 11.8. The molecule has 0 saturated heterocycles. The maximum atomic E-state index is 10.5. The number of fused-ring (bicyclic) bond motifs is 2. The van der Waals surface area contributed by atoms with E-state index >= 15 is 0 Å². The maximum Gasteiger partial charge on any atom is 0.320 e. The molecule has 3 N–H and O–H groups in total. The summed E-state index contributed by atoms with van der Waals surface area (Å²) in [6.45, 7) is 0. The summed E-state index contributed by atoms with van der Waals surface area (Å²) in [5, 5.41) is 0. The minimum absolute atomic E-state index is 0. The Morgan fingerprint density at radius 1 is 1.41 bits per heavy atom. The molecule has 3 unspecified atom stereocenters. The zero-order valence-corrected chi connectivity index (χ0v) is 11.6. The number of amidine groups is 1. The van der Waals surface area contributed by atoms with Crippen LogP contribution in [0, 0.1) is 11.8 Å². The van der Waals surface area contributed by atoms with Crippen LogP contribution in [0.2, 0.25) is 0 Å². The molecule has 2 fully saturated rings. The van der Waals surface area contributed by atoms with Crippen molar-refractivity contribution >= 4 is 25.8 Å². The molecule has 2 aliphatic rings. The van der Waals surface area contributed by atoms with Crippen molar-refractivity contribution in [1.29, 1.82) is 0 Å². The number of nitrogens with zero attached hydrogens (tertiary/aromatic N) is 1. The standard InChI is InChI=1S/C9H16N2O3S2.ClH/c10-9(5-15-16(12,13)14)11-8-4-6-1-2-7(8)3-6;/h6-8H,1-5H2,(H2,10,11)(H,12,13,14);1H/p-1. The van der Waals surface area contributed by atoms with Crippen molar-refractivity contribution in [1.82, 2.24) is 0 Å². The summed E-state index contributed by atoms with van der Waals surface area (Å²) in [7, 11) is -3.59. The highest BCUT2D eigenvalue weighted by Gasteiger charge is 2.39. The highest BCUT2D eigenvalue weighted by Crippen LogP contribution is 2.45. The average molecular weight is 300 g/mol. The van der Waals surface area contributed by atoms with E-state index in [0.717, 1.165) is 12.3 Å². The van der Waals surface area contributed by atoms with Crippen LogP contribution in [-0.4, -0.2) is 30.6 Å². The monoisotopic (exact) mass is 299 g/mol. The summed E-state index contributed by atoms with van der Waals surface area (Å²) in [6, 6.07) is 0.278. The van der Waals surface area contributed by atoms with Gasteiger partial charge in [-0.15, -0.1) is 0 Å². The van der Waals surface area contributed by atoms with E-state index in [-0.39, 0.29) is 24.2 Å². The van der Waals surface area contributed by atoms with Gasteiger partial charge < -0.3 is 18.1 Å². The Hall–Kier alpha value is 0.0200. The fraction of sp³-hybridized carbons (Fsp3) is 0.889. The van der Waals surface area contributed by atoms with E-state index in [1.165, 1.54) is 19.3 Å². The second-order valence-electron chi connectivity index (χ2n) is 4.55. The van der Waals surface area contributed by atoms with Gasteiger partial charge in [-0.25, -0.2) is 0 Å². The van der Waals surface area contributed by atoms with Crippen LogP contribution in [-0.2, 0) is 9.15 Å². The van der Waals surface area contributed by atoms with Crippen molar-refractivity contribution in [2.75, 3.05) is 5.75 Å². The van der Waals surface area contributed by atoms with Gasteiger partial charge in [-0.1, -0.05) is 6.42 Å². The van der Waals surface area contributed by atoms with Crippen molar-refractivity contribution in [3.05, 3.63) is 0 Å². The summed E-state index contributed by atoms with van der Waals surface area (Å²) in [6.07, 6.45) is 4.85. The van der Waals surface area contributed by atoms with Crippen LogP contribution in [0.4, 0.5) is 0 Å². The quantitative estimate of drug-likeness (QED) is 0.273. The van der Waals surface area contributed by atoms with Gasteiger partial charge in [0.05, 0.1) is 11.8 Å². The lowest BCUT2D eigenvalue weighted by molar-refractivity contribution is -0.00000740. The molecule has 8 heteroatoms. The second kappa shape index (κ2) is 5.77. The molecule has 0 aliphatic heterocycles. The van der Waals surface area contributed by atoms with E-state index in [1.807, 2.05) is 0 Å². The topological polar surface area (TPSA) is 92.8 Å². The lowest BCUT2D eigenvalue weighted by Gasteiger charge is -2.17. The van der Waals surface area contributed by atoms with Crippen LogP contribution in [0.25, 0.3) is 0 Å². The number of nitrogens with two attached hydrogens (primary N) is 1. The lowest BCUT2D eigenvalue weighted by atomic mass is 9.96. The molecule has 0 aromatic rings. The van der Waals surface area contributed by atoms with Gasteiger partial charge in [0.25, 0.3) is 0 Å². The summed E-state index contributed by atoms with van der Waals surface area (Å²) in [5.74, 6) is 1.80. The van der Waals surface area contributed by atoms with Gasteiger partial charge in [0.15, 0.2) is 0 Å². The molecule has 5 nitrogen and oxygen atoms in total. The first-order valence-electron chi connectivity index (χ1n) is 5.38. The van der Waals surface area contributed by atoms with Crippen LogP contribution in [0.1, 0.15) is 25.7 Å². The highest BCUT2D eigenvalue weighted by atomic mass is 35.5. The van der Waals surface area contributed by atoms with Crippen LogP contribution in [0.3, 0.4) is 0 Å². The van der Waals surface area contributed by atoms with E-state index in [9.17, 15) is 8.42 Å². The van der Waals surface area contributed by atoms with Gasteiger partial charge in [0.2, 0.25) is 0 Å². The molecule has 17 heavy (non-hydrogen) atoms. The van der Waals surface area contributed by atoms with Crippen LogP contribution in [0.5, 0.6) is 0 Å². The average Bonchev–Trinajstić information content (AvgIpc) is 2.75. The van der Waals surface area contributed by atoms with E-state index in [4.69, 9.17) is 10.3 Å². The largest absolute Gasteiger partial charge is 1.00 e. The van der Waals surface area contributed by atoms with Crippen molar-refractivity contribution in [2.24, 2.45) is 22.6 Å². The number of hydrogen-bond donors (Lipinski definition) is 2. The van der Waals surface area contributed by atoms with Gasteiger partial charge in [0.1, 0.15) is 5.84 Å². The van der Waals surface area contributed by atoms with E-state index in [2.05, 4.69) is 4.99 Å². The number of aliphatic imine (C=N–C) groups is 1. The predicted molar refractivity (Wildman–Crippen MR) is 64.9 cm³/mol. The summed E-state index contributed by atoms with van der Waals surface area (Å²) >= 11 is 0. The second-order valence-corrected chi connectivity index (χ2v) is 7.90. The molecule has 2 saturated carbocycles. The van der Waals surface area contributed by atoms with Gasteiger partial charge in [-0.3, -0.25) is 9.55 Å². The zero-order valence-electron chi connectivity index (χ0n) is 9.25. The molecule has 0 amide bonds. The molecule has 3 atom stereocenters. The molecule has 2 aliphatic carbocycles. The molecule has 0 aromatic carbocycles. The molecule has 0 heterocycles. The third kappa shape index (κ3) is 4.31. The van der Waals surface area contributed by atoms with Crippen molar-refractivity contribution in [3.8, 4) is 0 Å². The summed E-state index contributed by atoms with van der Waals surface area (Å²) < 4.78 is 29.6. The van der Waals surface area contributed by atoms with Crippen LogP contribution >= 0.6 is 10.8 Å². The summed E-state index contributed by atoms with van der Waals surface area (Å²) in [4.78, 5) is 4.36. The van der Waals surface area contributed by atoms with Crippen molar-refractivity contribution in [2.45, 2.75) is 31.7 Å². The molecule has 100 valence electrons. The van der Waals surface area contributed by atoms with Gasteiger partial charge in [0, 0.05) is 10.8 Å². The van der Waals surface area contributed by atoms with Crippen LogP contribution < -0.4 is 18.1 Å². The summed E-state index contributed by atoms with van der Waals surface area (Å²) in [5.41, 5.74) is 5.65. The minimum atomic E-state index is -4.01. The first-order valence-corrected chi connectivity index (χ1v) is 8.32. The highest BCUT2D eigenvalue weighted by molar-refractivity contribution is 8.70. The Kier molecular flexibility index (Phi) is 5.12. The Morgan fingerprint density at radius 3 is 2.59 bits per heavy atom. The normalized spacial score (nSPS) is 32.5. The third-order valence-electron chi connectivity index (χ3n) is 3.39. The maximum absolute atomic E-state index is 10.5. The number of halogens is 1. The Balaban J connectivity index is 0.00000144. The third-order valence-corrected chi connectivity index (χ3v) is 5.35. The Bertz CT molecular complexity index is 399. The number of hydrogen-bond acceptors (Lipinski definition) is 4. The molecule has 0 radical (unpaired) electrons. The van der Waals surface area contributed by atoms with Crippen LogP contribution in [0.15, 0.2) is 4.99 Å². The molecular weight excluding hydrogens is 284 g/mol. The molecule has 0 aromatic heterocycles. The SMILES string of the molecule is NC(CSS(=O)(=O)O)=NC1CC2CCC1C2.[Cl-]. The Labute approximate surface area is 111 Å². The smallest absolute Gasteiger partial charge is 0.320 e. The lowest BCUT2D eigenvalue weighted by Crippen LogP contribution is -3.00. The molecular formula is C9H16ClN2O3S2-. The first-order chi connectivity index (χ1) is 7.44. The molecule has 2 rings (SSSR count). The van der Waals surface area contributed by atoms with E-state index < -0.39 is 9.15 Å². The van der Waals surface area contributed by atoms with Crippen molar-refractivity contribution < 1.29 is 25.4 Å². The van der Waals surface area contributed by atoms with Gasteiger partial charge in [-0.2, -0.15) is 8.42 Å². The fourth-order valence-electron chi connectivity index (χ4n) is 2.75.